The summed E-state index contributed by atoms with van der Waals surface area (Å²) in [4.78, 5) is 29.1. The molecule has 188 valence electrons. The number of aryl methyl sites for hydroxylation is 1. The predicted molar refractivity (Wildman–Crippen MR) is 132 cm³/mol. The maximum absolute atomic E-state index is 14.1. The van der Waals surface area contributed by atoms with E-state index in [1.54, 1.807) is 26.0 Å². The lowest BCUT2D eigenvalue weighted by molar-refractivity contribution is -0.129. The van der Waals surface area contributed by atoms with Crippen molar-refractivity contribution in [1.29, 1.82) is 0 Å². The number of nitrogen functional groups attached to an aromatic ring is 1. The summed E-state index contributed by atoms with van der Waals surface area (Å²) in [5.74, 6) is -1.82. The molecule has 2 amide bonds. The zero-order valence-electron chi connectivity index (χ0n) is 18.7. The lowest BCUT2D eigenvalue weighted by Crippen LogP contribution is -2.50. The lowest BCUT2D eigenvalue weighted by Gasteiger charge is -2.17. The van der Waals surface area contributed by atoms with Gasteiger partial charge in [0.05, 0.1) is 6.04 Å². The third kappa shape index (κ3) is 7.40. The highest BCUT2D eigenvalue weighted by Crippen LogP contribution is 2.26. The molecule has 34 heavy (non-hydrogen) atoms. The summed E-state index contributed by atoms with van der Waals surface area (Å²) in [6.07, 6.45) is 0.790. The second-order valence-electron chi connectivity index (χ2n) is 8.03. The molecule has 1 saturated heterocycles. The molecule has 3 rings (SSSR count). The lowest BCUT2D eigenvalue weighted by atomic mass is 9.96. The molecule has 3 atom stereocenters. The van der Waals surface area contributed by atoms with Gasteiger partial charge in [-0.3, -0.25) is 9.59 Å². The van der Waals surface area contributed by atoms with Gasteiger partial charge in [0.15, 0.2) is 0 Å². The van der Waals surface area contributed by atoms with Crippen LogP contribution in [0.5, 0.6) is 0 Å². The molecule has 1 fully saturated rings. The molecule has 0 saturated carbocycles. The van der Waals surface area contributed by atoms with Crippen LogP contribution in [-0.2, 0) is 22.6 Å². The van der Waals surface area contributed by atoms with Crippen LogP contribution in [0.2, 0.25) is 5.02 Å². The van der Waals surface area contributed by atoms with Gasteiger partial charge in [-0.05, 0) is 62.4 Å². The summed E-state index contributed by atoms with van der Waals surface area (Å²) in [6, 6.07) is 4.72. The van der Waals surface area contributed by atoms with E-state index in [1.807, 2.05) is 0 Å². The fourth-order valence-corrected chi connectivity index (χ4v) is 3.89. The standard InChI is InChI=1S/C22H26ClF2N5O2.2ClH/c1-11-15(4-6-18(26)29-11)10-28-21(31)12(2)30-22(32)17-8-13(9-27-17)7-14-3-5-16(24)19(23)20(14)25;;/h3-6,12-13,17,27H,7-10H2,1-2H3,(H2,26,29)(H,28,31)(H,30,32);2*1H/t12-,13-,17+;;/m0../s1. The van der Waals surface area contributed by atoms with Crippen molar-refractivity contribution >= 4 is 54.0 Å². The molecule has 2 aromatic rings. The largest absolute Gasteiger partial charge is 0.384 e. The minimum Gasteiger partial charge on any atom is -0.384 e. The number of amides is 2. The molecule has 1 aromatic heterocycles. The van der Waals surface area contributed by atoms with Crippen molar-refractivity contribution in [2.24, 2.45) is 5.92 Å². The number of hydrogen-bond acceptors (Lipinski definition) is 5. The highest BCUT2D eigenvalue weighted by atomic mass is 35.5. The van der Waals surface area contributed by atoms with Crippen molar-refractivity contribution in [2.75, 3.05) is 12.3 Å². The monoisotopic (exact) mass is 537 g/mol. The van der Waals surface area contributed by atoms with E-state index >= 15 is 0 Å². The first-order valence-electron chi connectivity index (χ1n) is 10.3. The van der Waals surface area contributed by atoms with E-state index in [0.29, 0.717) is 30.8 Å². The summed E-state index contributed by atoms with van der Waals surface area (Å²) in [7, 11) is 0. The van der Waals surface area contributed by atoms with E-state index in [-0.39, 0.29) is 49.1 Å². The zero-order valence-corrected chi connectivity index (χ0v) is 21.1. The van der Waals surface area contributed by atoms with Crippen LogP contribution in [0, 0.1) is 24.5 Å². The number of carbonyl (C=O) groups is 2. The van der Waals surface area contributed by atoms with E-state index in [1.165, 1.54) is 6.07 Å². The molecule has 12 heteroatoms. The first-order chi connectivity index (χ1) is 15.2. The van der Waals surface area contributed by atoms with Crippen LogP contribution < -0.4 is 21.7 Å². The molecule has 7 nitrogen and oxygen atoms in total. The summed E-state index contributed by atoms with van der Waals surface area (Å²) >= 11 is 5.64. The average Bonchev–Trinajstić information content (AvgIpc) is 3.22. The smallest absolute Gasteiger partial charge is 0.242 e. The van der Waals surface area contributed by atoms with E-state index < -0.39 is 28.7 Å². The molecule has 0 radical (unpaired) electrons. The maximum atomic E-state index is 14.1. The van der Waals surface area contributed by atoms with Gasteiger partial charge in [-0.25, -0.2) is 13.8 Å². The number of rotatable bonds is 7. The van der Waals surface area contributed by atoms with Crippen LogP contribution in [-0.4, -0.2) is 35.4 Å². The Hall–Kier alpha value is -2.20. The quantitative estimate of drug-likeness (QED) is 0.405. The van der Waals surface area contributed by atoms with Crippen molar-refractivity contribution in [3.8, 4) is 0 Å². The van der Waals surface area contributed by atoms with Crippen molar-refractivity contribution < 1.29 is 18.4 Å². The first-order valence-corrected chi connectivity index (χ1v) is 10.7. The van der Waals surface area contributed by atoms with Gasteiger partial charge in [0.25, 0.3) is 0 Å². The Morgan fingerprint density at radius 3 is 2.59 bits per heavy atom. The van der Waals surface area contributed by atoms with Gasteiger partial charge in [-0.15, -0.1) is 24.8 Å². The van der Waals surface area contributed by atoms with E-state index in [0.717, 1.165) is 17.3 Å². The Bertz CT molecular complexity index is 1030. The van der Waals surface area contributed by atoms with Crippen LogP contribution in [0.15, 0.2) is 24.3 Å². The molecule has 0 bridgehead atoms. The van der Waals surface area contributed by atoms with Crippen molar-refractivity contribution in [3.63, 3.8) is 0 Å². The number of nitrogens with zero attached hydrogens (tertiary/aromatic N) is 1. The third-order valence-corrected chi connectivity index (χ3v) is 5.93. The number of nitrogens with two attached hydrogens (primary N) is 1. The Morgan fingerprint density at radius 2 is 1.91 bits per heavy atom. The van der Waals surface area contributed by atoms with Gasteiger partial charge in [-0.1, -0.05) is 23.7 Å². The second kappa shape index (κ2) is 13.0. The number of hydrogen-bond donors (Lipinski definition) is 4. The van der Waals surface area contributed by atoms with E-state index in [4.69, 9.17) is 17.3 Å². The fraction of sp³-hybridized carbons (Fsp3) is 0.409. The Kier molecular flexibility index (Phi) is 11.4. The molecule has 1 aliphatic heterocycles. The number of aromatic nitrogens is 1. The topological polar surface area (TPSA) is 109 Å². The van der Waals surface area contributed by atoms with Gasteiger partial charge >= 0.3 is 0 Å². The van der Waals surface area contributed by atoms with Crippen LogP contribution in [0.1, 0.15) is 30.2 Å². The number of benzene rings is 1. The molecule has 1 aromatic carbocycles. The normalized spacial score (nSPS) is 17.8. The predicted octanol–water partition coefficient (Wildman–Crippen LogP) is 3.09. The molecule has 1 aliphatic rings. The summed E-state index contributed by atoms with van der Waals surface area (Å²) in [6.45, 7) is 4.17. The summed E-state index contributed by atoms with van der Waals surface area (Å²) in [5.41, 5.74) is 7.49. The van der Waals surface area contributed by atoms with Gasteiger partial charge in [0, 0.05) is 12.2 Å². The van der Waals surface area contributed by atoms with Crippen LogP contribution >= 0.6 is 36.4 Å². The molecule has 0 unspecified atom stereocenters. The minimum absolute atomic E-state index is 0. The highest BCUT2D eigenvalue weighted by molar-refractivity contribution is 6.30. The van der Waals surface area contributed by atoms with Crippen LogP contribution in [0.3, 0.4) is 0 Å². The van der Waals surface area contributed by atoms with Crippen LogP contribution in [0.25, 0.3) is 0 Å². The molecule has 5 N–H and O–H groups in total. The first kappa shape index (κ1) is 29.8. The summed E-state index contributed by atoms with van der Waals surface area (Å²) < 4.78 is 27.5. The Labute approximate surface area is 214 Å². The molecule has 0 aliphatic carbocycles. The number of halogens is 5. The number of anilines is 1. The Balaban J connectivity index is 0.00000289. The van der Waals surface area contributed by atoms with Crippen LogP contribution in [0.4, 0.5) is 14.6 Å². The molecule has 0 spiro atoms. The van der Waals surface area contributed by atoms with Crippen molar-refractivity contribution in [3.05, 3.63) is 57.7 Å². The highest BCUT2D eigenvalue weighted by Gasteiger charge is 2.31. The van der Waals surface area contributed by atoms with Gasteiger partial charge in [-0.2, -0.15) is 0 Å². The molecular weight excluding hydrogens is 511 g/mol. The fourth-order valence-electron chi connectivity index (χ4n) is 3.71. The van der Waals surface area contributed by atoms with Gasteiger partial charge in [0.1, 0.15) is 28.5 Å². The molecule has 2 heterocycles. The minimum atomic E-state index is -0.801. The van der Waals surface area contributed by atoms with Crippen molar-refractivity contribution in [1.82, 2.24) is 20.9 Å². The second-order valence-corrected chi connectivity index (χ2v) is 8.41. The number of pyridine rings is 1. The van der Waals surface area contributed by atoms with Gasteiger partial charge < -0.3 is 21.7 Å². The third-order valence-electron chi connectivity index (χ3n) is 5.58. The summed E-state index contributed by atoms with van der Waals surface area (Å²) in [5, 5.41) is 8.05. The maximum Gasteiger partial charge on any atom is 0.242 e. The van der Waals surface area contributed by atoms with E-state index in [2.05, 4.69) is 20.9 Å². The number of carbonyl (C=O) groups excluding carboxylic acids is 2. The van der Waals surface area contributed by atoms with Gasteiger partial charge in [0.2, 0.25) is 11.8 Å². The van der Waals surface area contributed by atoms with E-state index in [9.17, 15) is 18.4 Å². The Morgan fingerprint density at radius 1 is 1.24 bits per heavy atom. The average molecular weight is 539 g/mol. The number of nitrogens with one attached hydrogen (secondary N) is 3. The van der Waals surface area contributed by atoms with Crippen molar-refractivity contribution in [2.45, 2.75) is 45.3 Å². The zero-order chi connectivity index (χ0) is 23.4. The SMILES string of the molecule is Cc1nc(N)ccc1CNC(=O)[C@H](C)NC(=O)[C@H]1C[C@H](Cc2ccc(F)c(Cl)c2F)CN1.Cl.Cl. The molecular formula is C22H28Cl3F2N5O2.